The third-order valence-electron chi connectivity index (χ3n) is 5.57. The summed E-state index contributed by atoms with van der Waals surface area (Å²) in [5.74, 6) is -0.0202. The van der Waals surface area contributed by atoms with Gasteiger partial charge in [-0.05, 0) is 49.6 Å². The van der Waals surface area contributed by atoms with E-state index in [2.05, 4.69) is 5.32 Å². The number of hydrogen-bond donors (Lipinski definition) is 2. The molecule has 0 radical (unpaired) electrons. The number of hydrogen-bond acceptors (Lipinski definition) is 4. The van der Waals surface area contributed by atoms with E-state index in [-0.39, 0.29) is 24.2 Å². The van der Waals surface area contributed by atoms with Crippen molar-refractivity contribution in [3.63, 3.8) is 0 Å². The van der Waals surface area contributed by atoms with E-state index in [1.807, 2.05) is 61.5 Å². The number of anilines is 2. The number of likely N-dealkylation sites (N-methyl/N-ethyl adjacent to an activating group) is 1. The molecule has 1 fully saturated rings. The summed E-state index contributed by atoms with van der Waals surface area (Å²) in [5, 5.41) is 2.97. The van der Waals surface area contributed by atoms with Gasteiger partial charge in [0.1, 0.15) is 0 Å². The van der Waals surface area contributed by atoms with Crippen LogP contribution in [-0.4, -0.2) is 38.1 Å². The normalized spacial score (nSPS) is 15.0. The minimum absolute atomic E-state index is 0. The van der Waals surface area contributed by atoms with Gasteiger partial charge in [-0.15, -0.1) is 12.4 Å². The summed E-state index contributed by atoms with van der Waals surface area (Å²) in [7, 11) is 0. The fraction of sp³-hybridized carbons (Fsp3) is 0.391. The van der Waals surface area contributed by atoms with Gasteiger partial charge in [0, 0.05) is 37.7 Å². The molecule has 30 heavy (non-hydrogen) atoms. The quantitative estimate of drug-likeness (QED) is 0.703. The number of carbonyl (C=O) groups excluding carboxylic acids is 2. The van der Waals surface area contributed by atoms with Gasteiger partial charge in [0.05, 0.1) is 11.8 Å². The summed E-state index contributed by atoms with van der Waals surface area (Å²) < 4.78 is 5.37. The zero-order chi connectivity index (χ0) is 20.7. The van der Waals surface area contributed by atoms with Crippen molar-refractivity contribution in [3.8, 4) is 0 Å². The molecule has 0 saturated carbocycles. The predicted molar refractivity (Wildman–Crippen MR) is 122 cm³/mol. The molecule has 0 atom stereocenters. The monoisotopic (exact) mass is 431 g/mol. The molecule has 2 amide bonds. The molecule has 0 bridgehead atoms. The number of benzene rings is 2. The lowest BCUT2D eigenvalue weighted by Crippen LogP contribution is -2.46. The van der Waals surface area contributed by atoms with Crippen LogP contribution in [0.4, 0.5) is 11.4 Å². The molecular weight excluding hydrogens is 402 g/mol. The topological polar surface area (TPSA) is 84.7 Å². The van der Waals surface area contributed by atoms with Crippen molar-refractivity contribution in [3.05, 3.63) is 60.2 Å². The van der Waals surface area contributed by atoms with Gasteiger partial charge < -0.3 is 20.7 Å². The Hall–Kier alpha value is -2.41. The summed E-state index contributed by atoms with van der Waals surface area (Å²) in [4.78, 5) is 27.3. The molecule has 7 heteroatoms. The van der Waals surface area contributed by atoms with Gasteiger partial charge in [-0.25, -0.2) is 0 Å². The lowest BCUT2D eigenvalue weighted by Gasteiger charge is -2.34. The first-order chi connectivity index (χ1) is 14.1. The van der Waals surface area contributed by atoms with Gasteiger partial charge in [-0.2, -0.15) is 0 Å². The first kappa shape index (κ1) is 23.9. The van der Waals surface area contributed by atoms with Crippen LogP contribution in [0.25, 0.3) is 0 Å². The Labute approximate surface area is 184 Å². The molecular formula is C23H30ClN3O3. The number of amides is 2. The molecule has 1 aliphatic heterocycles. The zero-order valence-corrected chi connectivity index (χ0v) is 18.1. The van der Waals surface area contributed by atoms with Crippen molar-refractivity contribution in [1.29, 1.82) is 0 Å². The second-order valence-electron chi connectivity index (χ2n) is 7.40. The summed E-state index contributed by atoms with van der Waals surface area (Å²) in [6.07, 6.45) is 1.57. The van der Waals surface area contributed by atoms with Gasteiger partial charge in [0.15, 0.2) is 0 Å². The van der Waals surface area contributed by atoms with E-state index < -0.39 is 5.41 Å². The molecule has 0 aliphatic carbocycles. The maximum Gasteiger partial charge on any atom is 0.232 e. The SMILES string of the molecule is CCN(C(=O)Cc1ccc(NC(=O)C2(CN)CCOCC2)cc1)c1ccccc1.Cl. The van der Waals surface area contributed by atoms with Gasteiger partial charge in [0.2, 0.25) is 11.8 Å². The minimum Gasteiger partial charge on any atom is -0.381 e. The van der Waals surface area contributed by atoms with Crippen molar-refractivity contribution in [2.75, 3.05) is 36.5 Å². The lowest BCUT2D eigenvalue weighted by molar-refractivity contribution is -0.130. The van der Waals surface area contributed by atoms with Crippen molar-refractivity contribution in [1.82, 2.24) is 0 Å². The molecule has 0 aromatic heterocycles. The lowest BCUT2D eigenvalue weighted by atomic mass is 9.79. The molecule has 2 aromatic rings. The Bertz CT molecular complexity index is 821. The van der Waals surface area contributed by atoms with Crippen LogP contribution in [0.3, 0.4) is 0 Å². The maximum atomic E-state index is 12.8. The van der Waals surface area contributed by atoms with Crippen LogP contribution >= 0.6 is 12.4 Å². The van der Waals surface area contributed by atoms with Crippen LogP contribution in [-0.2, 0) is 20.7 Å². The van der Waals surface area contributed by atoms with Crippen LogP contribution < -0.4 is 16.0 Å². The zero-order valence-electron chi connectivity index (χ0n) is 17.3. The Kier molecular flexibility index (Phi) is 8.84. The highest BCUT2D eigenvalue weighted by atomic mass is 35.5. The molecule has 1 heterocycles. The summed E-state index contributed by atoms with van der Waals surface area (Å²) in [6, 6.07) is 17.1. The number of rotatable bonds is 7. The van der Waals surface area contributed by atoms with Crippen LogP contribution in [0.5, 0.6) is 0 Å². The van der Waals surface area contributed by atoms with Crippen LogP contribution in [0.1, 0.15) is 25.3 Å². The highest BCUT2D eigenvalue weighted by Gasteiger charge is 2.38. The number of para-hydroxylation sites is 1. The van der Waals surface area contributed by atoms with E-state index >= 15 is 0 Å². The highest BCUT2D eigenvalue weighted by molar-refractivity contribution is 5.96. The van der Waals surface area contributed by atoms with Crippen molar-refractivity contribution < 1.29 is 14.3 Å². The van der Waals surface area contributed by atoms with E-state index in [1.165, 1.54) is 0 Å². The average Bonchev–Trinajstić information content (AvgIpc) is 2.77. The maximum absolute atomic E-state index is 12.8. The average molecular weight is 432 g/mol. The van der Waals surface area contributed by atoms with Gasteiger partial charge >= 0.3 is 0 Å². The summed E-state index contributed by atoms with van der Waals surface area (Å²) >= 11 is 0. The molecule has 6 nitrogen and oxygen atoms in total. The Morgan fingerprint density at radius 3 is 2.27 bits per heavy atom. The second kappa shape index (κ2) is 11.1. The number of nitrogens with two attached hydrogens (primary N) is 1. The number of ether oxygens (including phenoxy) is 1. The summed E-state index contributed by atoms with van der Waals surface area (Å²) in [6.45, 7) is 4.00. The smallest absolute Gasteiger partial charge is 0.232 e. The Morgan fingerprint density at radius 2 is 1.70 bits per heavy atom. The third-order valence-corrected chi connectivity index (χ3v) is 5.57. The number of nitrogens with one attached hydrogen (secondary N) is 1. The molecule has 1 aliphatic rings. The summed E-state index contributed by atoms with van der Waals surface area (Å²) in [5.41, 5.74) is 7.85. The van der Waals surface area contributed by atoms with Gasteiger partial charge in [-0.1, -0.05) is 30.3 Å². The van der Waals surface area contributed by atoms with E-state index in [4.69, 9.17) is 10.5 Å². The standard InChI is InChI=1S/C23H29N3O3.ClH/c1-2-26(20-6-4-3-5-7-20)21(27)16-18-8-10-19(11-9-18)25-22(28)23(17-24)12-14-29-15-13-23;/h3-11H,2,12-17,24H2,1H3,(H,25,28);1H. The third kappa shape index (κ3) is 5.59. The number of carbonyl (C=O) groups is 2. The fourth-order valence-electron chi connectivity index (χ4n) is 3.64. The van der Waals surface area contributed by atoms with E-state index in [0.29, 0.717) is 51.3 Å². The van der Waals surface area contributed by atoms with Crippen molar-refractivity contribution in [2.45, 2.75) is 26.2 Å². The molecule has 0 spiro atoms. The number of halogens is 1. The van der Waals surface area contributed by atoms with Crippen LogP contribution in [0.2, 0.25) is 0 Å². The predicted octanol–water partition coefficient (Wildman–Crippen LogP) is 3.40. The highest BCUT2D eigenvalue weighted by Crippen LogP contribution is 2.31. The number of nitrogens with zero attached hydrogens (tertiary/aromatic N) is 1. The Balaban J connectivity index is 0.00000320. The van der Waals surface area contributed by atoms with Crippen LogP contribution in [0, 0.1) is 5.41 Å². The first-order valence-corrected chi connectivity index (χ1v) is 10.1. The van der Waals surface area contributed by atoms with E-state index in [0.717, 1.165) is 11.3 Å². The van der Waals surface area contributed by atoms with Gasteiger partial charge in [0.25, 0.3) is 0 Å². The molecule has 162 valence electrons. The van der Waals surface area contributed by atoms with Crippen LogP contribution in [0.15, 0.2) is 54.6 Å². The first-order valence-electron chi connectivity index (χ1n) is 10.1. The molecule has 1 saturated heterocycles. The second-order valence-corrected chi connectivity index (χ2v) is 7.40. The molecule has 0 unspecified atom stereocenters. The minimum atomic E-state index is -0.565. The van der Waals surface area contributed by atoms with Crippen molar-refractivity contribution in [2.24, 2.45) is 11.1 Å². The van der Waals surface area contributed by atoms with Gasteiger partial charge in [-0.3, -0.25) is 9.59 Å². The largest absolute Gasteiger partial charge is 0.381 e. The fourth-order valence-corrected chi connectivity index (χ4v) is 3.64. The van der Waals surface area contributed by atoms with E-state index in [9.17, 15) is 9.59 Å². The van der Waals surface area contributed by atoms with E-state index in [1.54, 1.807) is 4.90 Å². The molecule has 3 rings (SSSR count). The Morgan fingerprint density at radius 1 is 1.07 bits per heavy atom. The molecule has 2 aromatic carbocycles. The molecule has 3 N–H and O–H groups in total. The van der Waals surface area contributed by atoms with Crippen molar-refractivity contribution >= 4 is 35.6 Å².